The van der Waals surface area contributed by atoms with Gasteiger partial charge in [-0.25, -0.2) is 0 Å². The summed E-state index contributed by atoms with van der Waals surface area (Å²) in [6.07, 6.45) is 0. The lowest BCUT2D eigenvalue weighted by atomic mass is 9.98. The van der Waals surface area contributed by atoms with Gasteiger partial charge < -0.3 is 15.7 Å². The van der Waals surface area contributed by atoms with E-state index in [4.69, 9.17) is 0 Å². The van der Waals surface area contributed by atoms with Crippen LogP contribution in [0.3, 0.4) is 0 Å². The molecule has 5 heteroatoms. The first-order chi connectivity index (χ1) is 14.6. The van der Waals surface area contributed by atoms with Crippen molar-refractivity contribution in [1.29, 1.82) is 0 Å². The zero-order valence-corrected chi connectivity index (χ0v) is 16.1. The Morgan fingerprint density at radius 1 is 0.633 bits per heavy atom. The highest BCUT2D eigenvalue weighted by Gasteiger charge is 2.22. The molecule has 2 amide bonds. The van der Waals surface area contributed by atoms with E-state index >= 15 is 0 Å². The predicted octanol–water partition coefficient (Wildman–Crippen LogP) is 4.39. The Labute approximate surface area is 174 Å². The molecule has 0 aliphatic carbocycles. The molecule has 30 heavy (non-hydrogen) atoms. The van der Waals surface area contributed by atoms with Crippen LogP contribution in [0, 0.1) is 0 Å². The lowest BCUT2D eigenvalue weighted by molar-refractivity contribution is -0.136. The number of phenolic OH excluding ortho intramolecular Hbond substituents is 1. The number of fused-ring (bicyclic) bond motifs is 1. The average Bonchev–Trinajstić information content (AvgIpc) is 2.79. The molecule has 4 rings (SSSR count). The molecule has 0 fully saturated rings. The van der Waals surface area contributed by atoms with Gasteiger partial charge >= 0.3 is 11.8 Å². The maximum absolute atomic E-state index is 12.7. The Hall–Kier alpha value is -4.12. The molecule has 0 heterocycles. The quantitative estimate of drug-likeness (QED) is 0.448. The number of phenols is 1. The van der Waals surface area contributed by atoms with Gasteiger partial charge in [0, 0.05) is 16.5 Å². The summed E-state index contributed by atoms with van der Waals surface area (Å²) in [6, 6.07) is 28.7. The van der Waals surface area contributed by atoms with Crippen molar-refractivity contribution in [2.75, 3.05) is 5.32 Å². The monoisotopic (exact) mass is 396 g/mol. The Morgan fingerprint density at radius 3 is 1.83 bits per heavy atom. The molecule has 0 aliphatic rings. The number of benzene rings is 4. The molecule has 0 spiro atoms. The zero-order valence-electron chi connectivity index (χ0n) is 16.1. The molecule has 0 unspecified atom stereocenters. The van der Waals surface area contributed by atoms with Crippen LogP contribution in [0.25, 0.3) is 10.8 Å². The molecule has 3 N–H and O–H groups in total. The molecule has 4 aromatic rings. The van der Waals surface area contributed by atoms with E-state index in [1.165, 1.54) is 0 Å². The van der Waals surface area contributed by atoms with Gasteiger partial charge in [0.1, 0.15) is 5.75 Å². The van der Waals surface area contributed by atoms with Crippen molar-refractivity contribution < 1.29 is 14.7 Å². The van der Waals surface area contributed by atoms with Crippen molar-refractivity contribution in [3.8, 4) is 5.75 Å². The minimum atomic E-state index is -0.775. The fourth-order valence-corrected chi connectivity index (χ4v) is 3.43. The molecule has 0 radical (unpaired) electrons. The number of rotatable bonds is 4. The molecule has 148 valence electrons. The minimum Gasteiger partial charge on any atom is -0.507 e. The number of hydrogen-bond acceptors (Lipinski definition) is 3. The molecule has 4 aromatic carbocycles. The Bertz CT molecular complexity index is 1150. The third-order valence-electron chi connectivity index (χ3n) is 4.89. The van der Waals surface area contributed by atoms with Crippen molar-refractivity contribution >= 4 is 28.3 Å². The summed E-state index contributed by atoms with van der Waals surface area (Å²) < 4.78 is 0. The first kappa shape index (κ1) is 19.2. The fraction of sp³-hybridized carbons (Fsp3) is 0.0400. The lowest BCUT2D eigenvalue weighted by Crippen LogP contribution is -2.38. The van der Waals surface area contributed by atoms with Crippen LogP contribution in [0.2, 0.25) is 0 Å². The summed E-state index contributed by atoms with van der Waals surface area (Å²) >= 11 is 0. The molecular formula is C25H20N2O3. The number of anilines is 1. The zero-order chi connectivity index (χ0) is 20.9. The van der Waals surface area contributed by atoms with Gasteiger partial charge in [-0.1, -0.05) is 84.9 Å². The van der Waals surface area contributed by atoms with Crippen molar-refractivity contribution in [2.24, 2.45) is 0 Å². The molecular weight excluding hydrogens is 376 g/mol. The van der Waals surface area contributed by atoms with Gasteiger partial charge in [0.05, 0.1) is 6.04 Å². The lowest BCUT2D eigenvalue weighted by Gasteiger charge is -2.19. The average molecular weight is 396 g/mol. The first-order valence-electron chi connectivity index (χ1n) is 9.56. The second kappa shape index (κ2) is 8.49. The van der Waals surface area contributed by atoms with Crippen LogP contribution < -0.4 is 10.6 Å². The number of hydrogen-bond donors (Lipinski definition) is 3. The van der Waals surface area contributed by atoms with Crippen LogP contribution in [0.4, 0.5) is 5.69 Å². The van der Waals surface area contributed by atoms with Crippen molar-refractivity contribution in [3.63, 3.8) is 0 Å². The van der Waals surface area contributed by atoms with Gasteiger partial charge in [-0.3, -0.25) is 9.59 Å². The highest BCUT2D eigenvalue weighted by Crippen LogP contribution is 2.29. The van der Waals surface area contributed by atoms with Gasteiger partial charge in [0.25, 0.3) is 0 Å². The normalized spacial score (nSPS) is 10.7. The number of carbonyl (C=O) groups is 2. The summed E-state index contributed by atoms with van der Waals surface area (Å²) in [4.78, 5) is 25.4. The largest absolute Gasteiger partial charge is 0.507 e. The maximum atomic E-state index is 12.7. The molecule has 0 bridgehead atoms. The summed E-state index contributed by atoms with van der Waals surface area (Å²) in [7, 11) is 0. The van der Waals surface area contributed by atoms with Crippen molar-refractivity contribution in [3.05, 3.63) is 108 Å². The van der Waals surface area contributed by atoms with Gasteiger partial charge in [0.2, 0.25) is 0 Å². The highest BCUT2D eigenvalue weighted by atomic mass is 16.3. The van der Waals surface area contributed by atoms with E-state index in [2.05, 4.69) is 10.6 Å². The maximum Gasteiger partial charge on any atom is 0.313 e. The van der Waals surface area contributed by atoms with E-state index in [-0.39, 0.29) is 5.75 Å². The van der Waals surface area contributed by atoms with Crippen molar-refractivity contribution in [2.45, 2.75) is 6.04 Å². The van der Waals surface area contributed by atoms with E-state index in [0.717, 1.165) is 11.1 Å². The van der Waals surface area contributed by atoms with E-state index in [0.29, 0.717) is 16.5 Å². The van der Waals surface area contributed by atoms with Gasteiger partial charge in [-0.2, -0.15) is 0 Å². The van der Waals surface area contributed by atoms with Gasteiger partial charge in [0.15, 0.2) is 0 Å². The third kappa shape index (κ3) is 4.00. The summed E-state index contributed by atoms with van der Waals surface area (Å²) in [5.41, 5.74) is 2.21. The molecule has 0 atom stereocenters. The highest BCUT2D eigenvalue weighted by molar-refractivity contribution is 6.40. The number of amides is 2. The SMILES string of the molecule is O=C(Nc1cccc2c(O)cccc12)C(=O)NC(c1ccccc1)c1ccccc1. The molecule has 0 saturated carbocycles. The van der Waals surface area contributed by atoms with Crippen LogP contribution >= 0.6 is 0 Å². The Kier molecular flexibility index (Phi) is 5.44. The number of carbonyl (C=O) groups excluding carboxylic acids is 2. The predicted molar refractivity (Wildman–Crippen MR) is 117 cm³/mol. The van der Waals surface area contributed by atoms with Crippen LogP contribution in [0.5, 0.6) is 5.75 Å². The van der Waals surface area contributed by atoms with E-state index in [1.54, 1.807) is 36.4 Å². The molecule has 0 saturated heterocycles. The van der Waals surface area contributed by atoms with Crippen molar-refractivity contribution in [1.82, 2.24) is 5.32 Å². The van der Waals surface area contributed by atoms with Crippen LogP contribution in [0.1, 0.15) is 17.2 Å². The van der Waals surface area contributed by atoms with E-state index < -0.39 is 17.9 Å². The number of nitrogens with one attached hydrogen (secondary N) is 2. The third-order valence-corrected chi connectivity index (χ3v) is 4.89. The molecule has 0 aliphatic heterocycles. The smallest absolute Gasteiger partial charge is 0.313 e. The second-order valence-electron chi connectivity index (χ2n) is 6.86. The van der Waals surface area contributed by atoms with Crippen LogP contribution in [-0.4, -0.2) is 16.9 Å². The summed E-state index contributed by atoms with van der Waals surface area (Å²) in [5, 5.41) is 16.8. The Balaban J connectivity index is 1.58. The fourth-order valence-electron chi connectivity index (χ4n) is 3.43. The standard InChI is InChI=1S/C25H20N2O3/c28-22-16-8-13-19-20(22)14-7-15-21(19)26-24(29)25(30)27-23(17-9-3-1-4-10-17)18-11-5-2-6-12-18/h1-16,23,28H,(H,26,29)(H,27,30). The molecule has 5 nitrogen and oxygen atoms in total. The second-order valence-corrected chi connectivity index (χ2v) is 6.86. The van der Waals surface area contributed by atoms with Crippen LogP contribution in [0.15, 0.2) is 97.1 Å². The van der Waals surface area contributed by atoms with E-state index in [1.807, 2.05) is 60.7 Å². The molecule has 0 aromatic heterocycles. The van der Waals surface area contributed by atoms with Gasteiger partial charge in [-0.05, 0) is 23.3 Å². The topological polar surface area (TPSA) is 78.4 Å². The van der Waals surface area contributed by atoms with Gasteiger partial charge in [-0.15, -0.1) is 0 Å². The first-order valence-corrected chi connectivity index (χ1v) is 9.56. The minimum absolute atomic E-state index is 0.112. The summed E-state index contributed by atoms with van der Waals surface area (Å²) in [5.74, 6) is -1.41. The van der Waals surface area contributed by atoms with Crippen LogP contribution in [-0.2, 0) is 9.59 Å². The number of aromatic hydroxyl groups is 1. The summed E-state index contributed by atoms with van der Waals surface area (Å²) in [6.45, 7) is 0. The Morgan fingerprint density at radius 2 is 1.20 bits per heavy atom. The van der Waals surface area contributed by atoms with E-state index in [9.17, 15) is 14.7 Å².